The minimum Gasteiger partial charge on any atom is -0.467 e. The molecule has 0 spiro atoms. The standard InChI is InChI=1S/C17H25N3O3S/c21-16(18-11-15-4-2-8-23-15)13-19-5-1-3-14(12-19)17(22)20-6-9-24-10-7-20/h2,4,8,14H,1,3,5-7,9-13H2,(H,18,21). The first-order valence-corrected chi connectivity index (χ1v) is 9.76. The summed E-state index contributed by atoms with van der Waals surface area (Å²) in [6.45, 7) is 4.06. The summed E-state index contributed by atoms with van der Waals surface area (Å²) in [6.07, 6.45) is 3.51. The average molecular weight is 351 g/mol. The SMILES string of the molecule is O=C(CN1CCCC(C(=O)N2CCSCC2)C1)NCc1ccco1. The average Bonchev–Trinajstić information content (AvgIpc) is 3.14. The number of carbonyl (C=O) groups is 2. The fourth-order valence-corrected chi connectivity index (χ4v) is 4.20. The molecule has 7 heteroatoms. The van der Waals surface area contributed by atoms with E-state index in [1.807, 2.05) is 22.7 Å². The molecule has 0 radical (unpaired) electrons. The van der Waals surface area contributed by atoms with Gasteiger partial charge in [0.15, 0.2) is 0 Å². The summed E-state index contributed by atoms with van der Waals surface area (Å²) < 4.78 is 5.21. The van der Waals surface area contributed by atoms with Crippen molar-refractivity contribution in [1.29, 1.82) is 0 Å². The van der Waals surface area contributed by atoms with Crippen molar-refractivity contribution in [3.05, 3.63) is 24.2 Å². The van der Waals surface area contributed by atoms with E-state index < -0.39 is 0 Å². The maximum atomic E-state index is 12.6. The molecule has 6 nitrogen and oxygen atoms in total. The minimum absolute atomic E-state index is 0.0196. The Morgan fingerprint density at radius 3 is 2.88 bits per heavy atom. The molecule has 2 aliphatic heterocycles. The normalized spacial score (nSPS) is 22.3. The van der Waals surface area contributed by atoms with E-state index in [0.717, 1.165) is 49.7 Å². The van der Waals surface area contributed by atoms with E-state index in [1.165, 1.54) is 0 Å². The molecule has 2 saturated heterocycles. The van der Waals surface area contributed by atoms with Crippen molar-refractivity contribution in [2.45, 2.75) is 19.4 Å². The summed E-state index contributed by atoms with van der Waals surface area (Å²) >= 11 is 1.91. The molecule has 0 saturated carbocycles. The first-order chi connectivity index (χ1) is 11.7. The maximum absolute atomic E-state index is 12.6. The van der Waals surface area contributed by atoms with Crippen molar-refractivity contribution in [1.82, 2.24) is 15.1 Å². The first-order valence-electron chi connectivity index (χ1n) is 8.60. The van der Waals surface area contributed by atoms with Crippen LogP contribution in [0.1, 0.15) is 18.6 Å². The van der Waals surface area contributed by atoms with Gasteiger partial charge in [0.2, 0.25) is 11.8 Å². The van der Waals surface area contributed by atoms with Crippen LogP contribution in [0.4, 0.5) is 0 Å². The summed E-state index contributed by atoms with van der Waals surface area (Å²) in [7, 11) is 0. The molecule has 1 aromatic rings. The Bertz CT molecular complexity index is 543. The van der Waals surface area contributed by atoms with Crippen molar-refractivity contribution in [2.75, 3.05) is 44.2 Å². The van der Waals surface area contributed by atoms with E-state index in [0.29, 0.717) is 19.6 Å². The second-order valence-corrected chi connectivity index (χ2v) is 7.59. The van der Waals surface area contributed by atoms with Gasteiger partial charge < -0.3 is 14.6 Å². The van der Waals surface area contributed by atoms with Crippen LogP contribution in [0.15, 0.2) is 22.8 Å². The Kier molecular flexibility index (Phi) is 6.20. The molecule has 132 valence electrons. The zero-order chi connectivity index (χ0) is 16.8. The molecule has 1 atom stereocenters. The number of hydrogen-bond acceptors (Lipinski definition) is 5. The summed E-state index contributed by atoms with van der Waals surface area (Å²) in [4.78, 5) is 28.8. The van der Waals surface area contributed by atoms with Gasteiger partial charge in [0, 0.05) is 31.1 Å². The Labute approximate surface area is 146 Å². The van der Waals surface area contributed by atoms with E-state index in [1.54, 1.807) is 12.3 Å². The number of rotatable bonds is 5. The lowest BCUT2D eigenvalue weighted by Crippen LogP contribution is -2.49. The van der Waals surface area contributed by atoms with Gasteiger partial charge in [-0.05, 0) is 31.5 Å². The molecule has 3 heterocycles. The molecule has 24 heavy (non-hydrogen) atoms. The van der Waals surface area contributed by atoms with Crippen molar-refractivity contribution < 1.29 is 14.0 Å². The molecule has 2 amide bonds. The third-order valence-corrected chi connectivity index (χ3v) is 5.53. The molecule has 0 bridgehead atoms. The Balaban J connectivity index is 1.44. The van der Waals surface area contributed by atoms with E-state index in [-0.39, 0.29) is 17.7 Å². The van der Waals surface area contributed by atoms with Gasteiger partial charge >= 0.3 is 0 Å². The van der Waals surface area contributed by atoms with Crippen LogP contribution in [-0.2, 0) is 16.1 Å². The van der Waals surface area contributed by atoms with E-state index in [4.69, 9.17) is 4.42 Å². The molecular weight excluding hydrogens is 326 g/mol. The van der Waals surface area contributed by atoms with Crippen molar-refractivity contribution in [2.24, 2.45) is 5.92 Å². The highest BCUT2D eigenvalue weighted by molar-refractivity contribution is 7.99. The van der Waals surface area contributed by atoms with Gasteiger partial charge in [-0.1, -0.05) is 0 Å². The van der Waals surface area contributed by atoms with Crippen LogP contribution < -0.4 is 5.32 Å². The van der Waals surface area contributed by atoms with Gasteiger partial charge in [-0.15, -0.1) is 0 Å². The zero-order valence-electron chi connectivity index (χ0n) is 13.9. The largest absolute Gasteiger partial charge is 0.467 e. The second kappa shape index (κ2) is 8.58. The van der Waals surface area contributed by atoms with Crippen LogP contribution in [-0.4, -0.2) is 65.8 Å². The Morgan fingerprint density at radius 2 is 2.12 bits per heavy atom. The quantitative estimate of drug-likeness (QED) is 0.863. The van der Waals surface area contributed by atoms with Crippen LogP contribution in [0.5, 0.6) is 0 Å². The predicted octanol–water partition coefficient (Wildman–Crippen LogP) is 1.18. The van der Waals surface area contributed by atoms with Crippen molar-refractivity contribution >= 4 is 23.6 Å². The fourth-order valence-electron chi connectivity index (χ4n) is 3.30. The number of piperidine rings is 1. The molecule has 2 fully saturated rings. The highest BCUT2D eigenvalue weighted by Gasteiger charge is 2.30. The summed E-state index contributed by atoms with van der Waals surface area (Å²) in [5, 5.41) is 2.87. The Morgan fingerprint density at radius 1 is 1.29 bits per heavy atom. The van der Waals surface area contributed by atoms with Gasteiger partial charge in [0.1, 0.15) is 5.76 Å². The maximum Gasteiger partial charge on any atom is 0.234 e. The summed E-state index contributed by atoms with van der Waals surface area (Å²) in [5.74, 6) is 3.12. The highest BCUT2D eigenvalue weighted by Crippen LogP contribution is 2.20. The molecule has 0 aromatic carbocycles. The number of hydrogen-bond donors (Lipinski definition) is 1. The lowest BCUT2D eigenvalue weighted by atomic mass is 9.96. The van der Waals surface area contributed by atoms with E-state index in [2.05, 4.69) is 10.2 Å². The van der Waals surface area contributed by atoms with Gasteiger partial charge in [0.05, 0.1) is 25.3 Å². The van der Waals surface area contributed by atoms with Gasteiger partial charge in [-0.3, -0.25) is 14.5 Å². The van der Waals surface area contributed by atoms with Gasteiger partial charge in [-0.25, -0.2) is 0 Å². The predicted molar refractivity (Wildman–Crippen MR) is 93.6 cm³/mol. The molecule has 1 aromatic heterocycles. The number of furan rings is 1. The molecular formula is C17H25N3O3S. The number of thioether (sulfide) groups is 1. The zero-order valence-corrected chi connectivity index (χ0v) is 14.7. The smallest absolute Gasteiger partial charge is 0.234 e. The van der Waals surface area contributed by atoms with Crippen LogP contribution >= 0.6 is 11.8 Å². The Hall–Kier alpha value is -1.47. The van der Waals surface area contributed by atoms with Crippen molar-refractivity contribution in [3.8, 4) is 0 Å². The summed E-state index contributed by atoms with van der Waals surface area (Å²) in [6, 6.07) is 3.65. The fraction of sp³-hybridized carbons (Fsp3) is 0.647. The minimum atomic E-state index is -0.0196. The lowest BCUT2D eigenvalue weighted by molar-refractivity contribution is -0.137. The van der Waals surface area contributed by atoms with Crippen LogP contribution in [0.2, 0.25) is 0 Å². The van der Waals surface area contributed by atoms with Gasteiger partial charge in [0.25, 0.3) is 0 Å². The topological polar surface area (TPSA) is 65.8 Å². The molecule has 2 aliphatic rings. The van der Waals surface area contributed by atoms with Crippen LogP contribution in [0.25, 0.3) is 0 Å². The van der Waals surface area contributed by atoms with E-state index >= 15 is 0 Å². The second-order valence-electron chi connectivity index (χ2n) is 6.37. The number of carbonyl (C=O) groups excluding carboxylic acids is 2. The third kappa shape index (κ3) is 4.77. The number of nitrogens with one attached hydrogen (secondary N) is 1. The van der Waals surface area contributed by atoms with E-state index in [9.17, 15) is 9.59 Å². The van der Waals surface area contributed by atoms with Crippen LogP contribution in [0.3, 0.4) is 0 Å². The van der Waals surface area contributed by atoms with Crippen molar-refractivity contribution in [3.63, 3.8) is 0 Å². The lowest BCUT2D eigenvalue weighted by Gasteiger charge is -2.35. The number of likely N-dealkylation sites (tertiary alicyclic amines) is 1. The highest BCUT2D eigenvalue weighted by atomic mass is 32.2. The van der Waals surface area contributed by atoms with Crippen LogP contribution in [0, 0.1) is 5.92 Å². The number of amides is 2. The molecule has 3 rings (SSSR count). The first kappa shape index (κ1) is 17.4. The molecule has 1 N–H and O–H groups in total. The monoisotopic (exact) mass is 351 g/mol. The third-order valence-electron chi connectivity index (χ3n) is 4.58. The molecule has 1 unspecified atom stereocenters. The summed E-state index contributed by atoms with van der Waals surface area (Å²) in [5.41, 5.74) is 0. The van der Waals surface area contributed by atoms with Gasteiger partial charge in [-0.2, -0.15) is 11.8 Å². The molecule has 0 aliphatic carbocycles. The number of nitrogens with zero attached hydrogens (tertiary/aromatic N) is 2.